The summed E-state index contributed by atoms with van der Waals surface area (Å²) in [5, 5.41) is 2.73. The van der Waals surface area contributed by atoms with E-state index in [2.05, 4.69) is 103 Å². The van der Waals surface area contributed by atoms with Crippen molar-refractivity contribution in [3.8, 4) is 0 Å². The molecule has 0 radical (unpaired) electrons. The molecule has 4 rings (SSSR count). The van der Waals surface area contributed by atoms with Crippen molar-refractivity contribution in [2.24, 2.45) is 5.92 Å². The van der Waals surface area contributed by atoms with E-state index < -0.39 is 8.07 Å². The van der Waals surface area contributed by atoms with Crippen LogP contribution >= 0.6 is 0 Å². The van der Waals surface area contributed by atoms with Crippen LogP contribution in [0.15, 0.2) is 71.8 Å². The Hall–Kier alpha value is -3.72. The summed E-state index contributed by atoms with van der Waals surface area (Å²) in [5.74, 6) is -0.183. The van der Waals surface area contributed by atoms with Gasteiger partial charge in [0.25, 0.3) is 5.56 Å². The standard InChI is InChI=1S/C46H71N5O3Si/c1-5-6-7-8-9-10-11-12-13-14-15-16-17-18-19-20-27-32-41(52)54-36-38(35-51-44(53)42-43(49-37-48-42)50-45(51)47)33-34-55(46(2,3)4,39-28-23-21-24-29-39)40-30-25-22-26-31-40/h21-26,28-31,37-38H,5-20,27,32-36H2,1-4H3,(H2,47,50)(H,48,49). The molecule has 0 amide bonds. The lowest BCUT2D eigenvalue weighted by Gasteiger charge is -2.45. The summed E-state index contributed by atoms with van der Waals surface area (Å²) in [6, 6.07) is 22.7. The Morgan fingerprint density at radius 2 is 1.27 bits per heavy atom. The lowest BCUT2D eigenvalue weighted by Crippen LogP contribution is -2.64. The number of rotatable bonds is 27. The Labute approximate surface area is 332 Å². The normalized spacial score (nSPS) is 12.7. The highest BCUT2D eigenvalue weighted by atomic mass is 28.3. The number of nitrogens with zero attached hydrogens (tertiary/aromatic N) is 3. The highest BCUT2D eigenvalue weighted by Gasteiger charge is 2.47. The maximum atomic E-state index is 13.5. The minimum Gasteiger partial charge on any atom is -0.465 e. The molecule has 2 heterocycles. The van der Waals surface area contributed by atoms with Crippen molar-refractivity contribution in [1.82, 2.24) is 19.5 Å². The van der Waals surface area contributed by atoms with Crippen molar-refractivity contribution in [3.05, 3.63) is 77.3 Å². The zero-order chi connectivity index (χ0) is 39.4. The molecular formula is C46H71N5O3Si. The second-order valence-electron chi connectivity index (χ2n) is 16.9. The van der Waals surface area contributed by atoms with Gasteiger partial charge in [0.15, 0.2) is 11.2 Å². The fourth-order valence-electron chi connectivity index (χ4n) is 8.44. The number of aromatic amines is 1. The Morgan fingerprint density at radius 3 is 1.76 bits per heavy atom. The third-order valence-electron chi connectivity index (χ3n) is 11.7. The molecule has 0 saturated carbocycles. The number of nitrogens with two attached hydrogens (primary N) is 1. The minimum absolute atomic E-state index is 0.0177. The zero-order valence-electron chi connectivity index (χ0n) is 34.6. The van der Waals surface area contributed by atoms with Gasteiger partial charge in [-0.3, -0.25) is 14.2 Å². The number of ether oxygens (including phenoxy) is 1. The predicted molar refractivity (Wildman–Crippen MR) is 233 cm³/mol. The van der Waals surface area contributed by atoms with Crippen LogP contribution in [0.25, 0.3) is 11.2 Å². The summed E-state index contributed by atoms with van der Waals surface area (Å²) in [7, 11) is -2.39. The highest BCUT2D eigenvalue weighted by molar-refractivity contribution is 7.04. The maximum absolute atomic E-state index is 13.5. The number of nitrogens with one attached hydrogen (secondary N) is 1. The van der Waals surface area contributed by atoms with Gasteiger partial charge in [-0.15, -0.1) is 0 Å². The van der Waals surface area contributed by atoms with Crippen molar-refractivity contribution >= 4 is 41.5 Å². The van der Waals surface area contributed by atoms with Crippen LogP contribution < -0.4 is 21.7 Å². The summed E-state index contributed by atoms with van der Waals surface area (Å²) in [6.45, 7) is 9.87. The third kappa shape index (κ3) is 13.5. The van der Waals surface area contributed by atoms with Gasteiger partial charge < -0.3 is 15.5 Å². The second kappa shape index (κ2) is 23.4. The molecule has 2 aromatic carbocycles. The Kier molecular flexibility index (Phi) is 18.7. The van der Waals surface area contributed by atoms with Gasteiger partial charge in [0.2, 0.25) is 5.95 Å². The van der Waals surface area contributed by atoms with E-state index in [9.17, 15) is 9.59 Å². The Bertz CT molecular complexity index is 1680. The van der Waals surface area contributed by atoms with Gasteiger partial charge >= 0.3 is 5.97 Å². The van der Waals surface area contributed by atoms with Crippen molar-refractivity contribution in [2.45, 2.75) is 167 Å². The summed E-state index contributed by atoms with van der Waals surface area (Å²) in [6.07, 6.45) is 24.9. The van der Waals surface area contributed by atoms with Gasteiger partial charge in [0, 0.05) is 18.9 Å². The average Bonchev–Trinajstić information content (AvgIpc) is 3.65. The molecule has 55 heavy (non-hydrogen) atoms. The molecule has 8 nitrogen and oxygen atoms in total. The first kappa shape index (κ1) is 44.0. The number of hydrogen-bond donors (Lipinski definition) is 2. The van der Waals surface area contributed by atoms with Gasteiger partial charge in [0.05, 0.1) is 12.9 Å². The van der Waals surface area contributed by atoms with E-state index in [0.717, 1.165) is 31.7 Å². The van der Waals surface area contributed by atoms with Crippen LogP contribution in [0.2, 0.25) is 11.1 Å². The van der Waals surface area contributed by atoms with Crippen molar-refractivity contribution in [2.75, 3.05) is 12.3 Å². The first-order valence-electron chi connectivity index (χ1n) is 21.6. The number of nitrogen functional groups attached to an aromatic ring is 1. The third-order valence-corrected chi connectivity index (χ3v) is 18.0. The summed E-state index contributed by atoms with van der Waals surface area (Å²) in [5.41, 5.74) is 6.74. The number of carbonyl (C=O) groups is 1. The van der Waals surface area contributed by atoms with Crippen LogP contribution in [-0.2, 0) is 16.1 Å². The second-order valence-corrected chi connectivity index (χ2v) is 21.8. The largest absolute Gasteiger partial charge is 0.465 e. The maximum Gasteiger partial charge on any atom is 0.305 e. The molecule has 0 fully saturated rings. The van der Waals surface area contributed by atoms with E-state index in [0.29, 0.717) is 24.1 Å². The van der Waals surface area contributed by atoms with Crippen LogP contribution in [0, 0.1) is 5.92 Å². The lowest BCUT2D eigenvalue weighted by molar-refractivity contribution is -0.145. The highest BCUT2D eigenvalue weighted by Crippen LogP contribution is 2.40. The predicted octanol–water partition coefficient (Wildman–Crippen LogP) is 10.4. The number of esters is 1. The Balaban J connectivity index is 1.29. The summed E-state index contributed by atoms with van der Waals surface area (Å²) >= 11 is 0. The van der Waals surface area contributed by atoms with Gasteiger partial charge in [-0.2, -0.15) is 4.98 Å². The molecule has 1 unspecified atom stereocenters. The van der Waals surface area contributed by atoms with E-state index in [-0.39, 0.29) is 35.0 Å². The van der Waals surface area contributed by atoms with E-state index in [1.807, 2.05) is 0 Å². The number of carbonyl (C=O) groups excluding carboxylic acids is 1. The summed E-state index contributed by atoms with van der Waals surface area (Å²) in [4.78, 5) is 38.1. The molecule has 3 N–H and O–H groups in total. The smallest absolute Gasteiger partial charge is 0.305 e. The van der Waals surface area contributed by atoms with E-state index in [1.165, 1.54) is 111 Å². The van der Waals surface area contributed by atoms with E-state index in [4.69, 9.17) is 10.5 Å². The molecule has 302 valence electrons. The van der Waals surface area contributed by atoms with Gasteiger partial charge in [-0.05, 0) is 23.9 Å². The van der Waals surface area contributed by atoms with Crippen molar-refractivity contribution < 1.29 is 9.53 Å². The molecule has 0 aliphatic carbocycles. The van der Waals surface area contributed by atoms with Crippen LogP contribution in [0.1, 0.15) is 150 Å². The van der Waals surface area contributed by atoms with Crippen LogP contribution in [0.3, 0.4) is 0 Å². The molecule has 0 saturated heterocycles. The quantitative estimate of drug-likeness (QED) is 0.0354. The van der Waals surface area contributed by atoms with Crippen molar-refractivity contribution in [3.63, 3.8) is 0 Å². The van der Waals surface area contributed by atoms with Crippen LogP contribution in [-0.4, -0.2) is 40.2 Å². The van der Waals surface area contributed by atoms with Gasteiger partial charge in [-0.1, -0.05) is 201 Å². The molecule has 0 spiro atoms. The monoisotopic (exact) mass is 770 g/mol. The van der Waals surface area contributed by atoms with Crippen LogP contribution in [0.5, 0.6) is 0 Å². The number of H-pyrrole nitrogens is 1. The fourth-order valence-corrected chi connectivity index (χ4v) is 14.2. The average molecular weight is 770 g/mol. The molecule has 1 atom stereocenters. The number of imidazole rings is 1. The zero-order valence-corrected chi connectivity index (χ0v) is 35.6. The molecule has 4 aromatic rings. The first-order valence-corrected chi connectivity index (χ1v) is 23.8. The lowest BCUT2D eigenvalue weighted by atomic mass is 10.0. The molecule has 0 bridgehead atoms. The number of benzene rings is 2. The molecule has 0 aliphatic heterocycles. The number of unbranched alkanes of at least 4 members (excludes halogenated alkanes) is 16. The minimum atomic E-state index is -2.39. The molecule has 2 aromatic heterocycles. The van der Waals surface area contributed by atoms with Crippen molar-refractivity contribution in [1.29, 1.82) is 0 Å². The number of aromatic nitrogens is 4. The molecule has 9 heteroatoms. The number of fused-ring (bicyclic) bond motifs is 1. The molecular weight excluding hydrogens is 699 g/mol. The van der Waals surface area contributed by atoms with E-state index >= 15 is 0 Å². The SMILES string of the molecule is CCCCCCCCCCCCCCCCCCCC(=O)OCC(CC[Si](c1ccccc1)(c1ccccc1)C(C)(C)C)Cn1c(N)nc2nc[nH]c2c1=O. The number of anilines is 1. The van der Waals surface area contributed by atoms with E-state index in [1.54, 1.807) is 0 Å². The summed E-state index contributed by atoms with van der Waals surface area (Å²) < 4.78 is 7.51. The first-order chi connectivity index (χ1) is 26.7. The van der Waals surface area contributed by atoms with Crippen LogP contribution in [0.4, 0.5) is 5.95 Å². The molecule has 0 aliphatic rings. The number of hydrogen-bond acceptors (Lipinski definition) is 6. The Morgan fingerprint density at radius 1 is 0.782 bits per heavy atom. The topological polar surface area (TPSA) is 116 Å². The van der Waals surface area contributed by atoms with Gasteiger partial charge in [0.1, 0.15) is 8.07 Å². The van der Waals surface area contributed by atoms with Gasteiger partial charge in [-0.25, -0.2) is 4.98 Å². The fraction of sp³-hybridized carbons (Fsp3) is 0.609.